The fourth-order valence-electron chi connectivity index (χ4n) is 2.57. The molecule has 2 heterocycles. The molecule has 0 radical (unpaired) electrons. The molecule has 31 heavy (non-hydrogen) atoms. The van der Waals surface area contributed by atoms with Crippen LogP contribution < -0.4 is 5.32 Å². The molecule has 2 rings (SSSR count). The van der Waals surface area contributed by atoms with E-state index in [0.29, 0.717) is 0 Å². The smallest absolute Gasteiger partial charge is 0.384 e. The summed E-state index contributed by atoms with van der Waals surface area (Å²) in [6.07, 6.45) is -2.19. The Bertz CT molecular complexity index is 934. The van der Waals surface area contributed by atoms with Crippen LogP contribution in [0.15, 0.2) is 24.7 Å². The topological polar surface area (TPSA) is 242 Å². The molecule has 6 atom stereocenters. The first-order chi connectivity index (χ1) is 13.8. The summed E-state index contributed by atoms with van der Waals surface area (Å²) in [4.78, 5) is 47.6. The second-order valence-electron chi connectivity index (χ2n) is 6.41. The minimum Gasteiger partial charge on any atom is -0.384 e. The Morgan fingerprint density at radius 1 is 1.26 bits per heavy atom. The van der Waals surface area contributed by atoms with Crippen LogP contribution in [-0.2, 0) is 36.4 Å². The van der Waals surface area contributed by atoms with Crippen LogP contribution in [0.4, 0.5) is 4.39 Å². The molecule has 0 bridgehead atoms. The Morgan fingerprint density at radius 2 is 1.84 bits per heavy atom. The Morgan fingerprint density at radius 3 is 2.35 bits per heavy atom. The van der Waals surface area contributed by atoms with Crippen LogP contribution in [0.5, 0.6) is 0 Å². The van der Waals surface area contributed by atoms with Crippen molar-refractivity contribution in [2.75, 3.05) is 6.61 Å². The monoisotopic (exact) mass is 514 g/mol. The quantitative estimate of drug-likeness (QED) is 0.190. The maximum atomic E-state index is 15.1. The van der Waals surface area contributed by atoms with Crippen molar-refractivity contribution in [1.29, 1.82) is 0 Å². The minimum absolute atomic E-state index is 0.179. The van der Waals surface area contributed by atoms with Gasteiger partial charge in [0.1, 0.15) is 24.1 Å². The first kappa shape index (κ1) is 26.2. The number of phosphoric ester groups is 1. The third kappa shape index (κ3) is 6.27. The van der Waals surface area contributed by atoms with E-state index < -0.39 is 59.8 Å². The lowest BCUT2D eigenvalue weighted by Gasteiger charge is -2.36. The maximum absolute atomic E-state index is 15.1. The molecule has 0 aliphatic carbocycles. The van der Waals surface area contributed by atoms with Gasteiger partial charge >= 0.3 is 23.5 Å². The number of amides is 1. The summed E-state index contributed by atoms with van der Waals surface area (Å²) >= 11 is 0. The Kier molecular flexibility index (Phi) is 7.10. The third-order valence-corrected chi connectivity index (χ3v) is 7.61. The number of phosphoric acid groups is 3. The predicted octanol–water partition coefficient (Wildman–Crippen LogP) is -1.12. The normalized spacial score (nSPS) is 35.5. The third-order valence-electron chi connectivity index (χ3n) is 3.83. The van der Waals surface area contributed by atoms with Gasteiger partial charge < -0.3 is 44.7 Å². The molecular formula is C11H18FN2O14P3. The van der Waals surface area contributed by atoms with E-state index >= 15 is 4.39 Å². The largest absolute Gasteiger partial charge is 0.490 e. The van der Waals surface area contributed by atoms with Crippen LogP contribution in [0.3, 0.4) is 0 Å². The van der Waals surface area contributed by atoms with Crippen LogP contribution in [0.1, 0.15) is 6.92 Å². The zero-order chi connectivity index (χ0) is 24.0. The van der Waals surface area contributed by atoms with Gasteiger partial charge in [0, 0.05) is 12.3 Å². The molecule has 178 valence electrons. The minimum atomic E-state index is -5.85. The van der Waals surface area contributed by atoms with Gasteiger partial charge in [0.05, 0.1) is 0 Å². The first-order valence-electron chi connectivity index (χ1n) is 7.80. The molecule has 7 N–H and O–H groups in total. The van der Waals surface area contributed by atoms with Crippen LogP contribution in [0.2, 0.25) is 0 Å². The predicted molar refractivity (Wildman–Crippen MR) is 93.4 cm³/mol. The van der Waals surface area contributed by atoms with Gasteiger partial charge in [-0.3, -0.25) is 9.32 Å². The van der Waals surface area contributed by atoms with Crippen molar-refractivity contribution in [3.63, 3.8) is 0 Å². The average molecular weight is 514 g/mol. The Balaban J connectivity index is 2.16. The molecular weight excluding hydrogens is 496 g/mol. The van der Waals surface area contributed by atoms with Crippen LogP contribution in [0, 0.1) is 0 Å². The van der Waals surface area contributed by atoms with Gasteiger partial charge in [-0.25, -0.2) is 18.1 Å². The molecule has 0 aromatic rings. The van der Waals surface area contributed by atoms with E-state index in [0.717, 1.165) is 24.1 Å². The van der Waals surface area contributed by atoms with Crippen LogP contribution >= 0.6 is 23.5 Å². The number of nitrogens with zero attached hydrogens (tertiary/aromatic N) is 1. The highest BCUT2D eigenvalue weighted by atomic mass is 31.3. The van der Waals surface area contributed by atoms with E-state index in [4.69, 9.17) is 19.4 Å². The SMILES string of the molecule is C=C1NC(=O)C=CN1[C@@H]1O[C@](F)(COP(=O)(O)OP(=O)(O)OP(=O)(O)O)[C@@H](O)[C@@]1(C)O. The summed E-state index contributed by atoms with van der Waals surface area (Å²) in [5.74, 6) is -4.20. The molecule has 2 aliphatic rings. The molecule has 2 aliphatic heterocycles. The second kappa shape index (κ2) is 8.39. The van der Waals surface area contributed by atoms with Crippen molar-refractivity contribution in [3.8, 4) is 0 Å². The number of alkyl halides is 1. The lowest BCUT2D eigenvalue weighted by Crippen LogP contribution is -2.54. The van der Waals surface area contributed by atoms with Gasteiger partial charge in [0.25, 0.3) is 11.8 Å². The summed E-state index contributed by atoms with van der Waals surface area (Å²) in [5, 5.41) is 22.9. The number of rotatable bonds is 8. The first-order valence-corrected chi connectivity index (χ1v) is 12.3. The molecule has 1 fully saturated rings. The summed E-state index contributed by atoms with van der Waals surface area (Å²) < 4.78 is 64.8. The van der Waals surface area contributed by atoms with Crippen molar-refractivity contribution in [2.45, 2.75) is 30.7 Å². The number of aliphatic hydroxyl groups excluding tert-OH is 1. The summed E-state index contributed by atoms with van der Waals surface area (Å²) in [7, 11) is -17.2. The summed E-state index contributed by atoms with van der Waals surface area (Å²) in [6.45, 7) is 2.70. The number of ether oxygens (including phenoxy) is 1. The Labute approximate surface area is 173 Å². The summed E-state index contributed by atoms with van der Waals surface area (Å²) in [5.41, 5.74) is -2.43. The van der Waals surface area contributed by atoms with E-state index in [-0.39, 0.29) is 5.82 Å². The molecule has 2 unspecified atom stereocenters. The fraction of sp³-hybridized carbons (Fsp3) is 0.545. The average Bonchev–Trinajstić information content (AvgIpc) is 2.71. The van der Waals surface area contributed by atoms with Crippen molar-refractivity contribution >= 4 is 29.4 Å². The number of halogens is 1. The number of hydrogen-bond acceptors (Lipinski definition) is 11. The van der Waals surface area contributed by atoms with Gasteiger partial charge in [-0.15, -0.1) is 0 Å². The van der Waals surface area contributed by atoms with Gasteiger partial charge in [0.2, 0.25) is 0 Å². The zero-order valence-electron chi connectivity index (χ0n) is 15.3. The number of nitrogens with one attached hydrogen (secondary N) is 1. The van der Waals surface area contributed by atoms with E-state index in [1.54, 1.807) is 0 Å². The highest BCUT2D eigenvalue weighted by Gasteiger charge is 2.64. The van der Waals surface area contributed by atoms with Crippen LogP contribution in [-0.4, -0.2) is 71.0 Å². The number of carbonyl (C=O) groups is 1. The highest BCUT2D eigenvalue weighted by Crippen LogP contribution is 2.66. The molecule has 1 saturated heterocycles. The van der Waals surface area contributed by atoms with E-state index in [2.05, 4.69) is 25.0 Å². The molecule has 20 heteroatoms. The molecule has 1 amide bonds. The van der Waals surface area contributed by atoms with Gasteiger partial charge in [-0.2, -0.15) is 8.62 Å². The number of hydrogen-bond donors (Lipinski definition) is 7. The summed E-state index contributed by atoms with van der Waals surface area (Å²) in [6, 6.07) is 0. The fourth-order valence-corrected chi connectivity index (χ4v) is 5.60. The van der Waals surface area contributed by atoms with Crippen molar-refractivity contribution in [3.05, 3.63) is 24.7 Å². The second-order valence-corrected chi connectivity index (χ2v) is 10.8. The van der Waals surface area contributed by atoms with Gasteiger partial charge in [0.15, 0.2) is 6.23 Å². The number of carbonyl (C=O) groups excluding carboxylic acids is 1. The molecule has 16 nitrogen and oxygen atoms in total. The van der Waals surface area contributed by atoms with Gasteiger partial charge in [-0.05, 0) is 6.92 Å². The van der Waals surface area contributed by atoms with Crippen molar-refractivity contribution in [2.24, 2.45) is 0 Å². The van der Waals surface area contributed by atoms with Crippen molar-refractivity contribution < 1.29 is 70.5 Å². The van der Waals surface area contributed by atoms with E-state index in [1.165, 1.54) is 0 Å². The highest BCUT2D eigenvalue weighted by molar-refractivity contribution is 7.66. The van der Waals surface area contributed by atoms with E-state index in [9.17, 15) is 33.6 Å². The standard InChI is InChI=1S/C11H18FN2O14P3/c1-6-13-7(15)3-4-14(6)9-10(2,17)8(16)11(12,26-9)5-25-30(21,22)28-31(23,24)27-29(18,19)20/h3-4,8-9,16-17H,1,5H2,2H3,(H,13,15)(H,21,22)(H,23,24)(H2,18,19,20)/t8-,9+,10+,11+/m0/s1. The lowest BCUT2D eigenvalue weighted by atomic mass is 9.95. The van der Waals surface area contributed by atoms with E-state index in [1.807, 2.05) is 0 Å². The zero-order valence-corrected chi connectivity index (χ0v) is 18.0. The van der Waals surface area contributed by atoms with Crippen LogP contribution in [0.25, 0.3) is 0 Å². The van der Waals surface area contributed by atoms with Gasteiger partial charge in [-0.1, -0.05) is 6.58 Å². The molecule has 0 spiro atoms. The number of aliphatic hydroxyl groups is 2. The maximum Gasteiger partial charge on any atom is 0.490 e. The lowest BCUT2D eigenvalue weighted by molar-refractivity contribution is -0.207. The van der Waals surface area contributed by atoms with Crippen molar-refractivity contribution in [1.82, 2.24) is 10.2 Å². The molecule has 0 aromatic heterocycles. The Hall–Kier alpha value is -1.03. The molecule has 0 aromatic carbocycles. The molecule has 0 saturated carbocycles.